The predicted octanol–water partition coefficient (Wildman–Crippen LogP) is 5.48. The molecule has 0 atom stereocenters. The van der Waals surface area contributed by atoms with E-state index in [1.165, 1.54) is 18.3 Å². The Morgan fingerprint density at radius 3 is 2.31 bits per heavy atom. The van der Waals surface area contributed by atoms with E-state index in [4.69, 9.17) is 32.7 Å². The molecule has 0 unspecified atom stereocenters. The Balaban J connectivity index is 1.48. The van der Waals surface area contributed by atoms with Crippen molar-refractivity contribution in [3.8, 4) is 11.5 Å². The zero-order chi connectivity index (χ0) is 25.9. The van der Waals surface area contributed by atoms with E-state index in [9.17, 15) is 14.4 Å². The molecular formula is C26H23Cl2N3O5. The Hall–Kier alpha value is -3.88. The van der Waals surface area contributed by atoms with Crippen molar-refractivity contribution in [3.05, 3.63) is 87.9 Å². The van der Waals surface area contributed by atoms with Gasteiger partial charge in [0.25, 0.3) is 0 Å². The Kier molecular flexibility index (Phi) is 9.85. The maximum absolute atomic E-state index is 12.4. The molecule has 0 saturated carbocycles. The lowest BCUT2D eigenvalue weighted by atomic mass is 10.2. The first-order chi connectivity index (χ1) is 17.4. The van der Waals surface area contributed by atoms with E-state index in [-0.39, 0.29) is 10.7 Å². The van der Waals surface area contributed by atoms with Crippen LogP contribution in [0.15, 0.2) is 71.8 Å². The second kappa shape index (κ2) is 13.3. The molecule has 0 radical (unpaired) electrons. The van der Waals surface area contributed by atoms with Gasteiger partial charge in [-0.05, 0) is 78.7 Å². The van der Waals surface area contributed by atoms with Crippen LogP contribution in [0.5, 0.6) is 11.5 Å². The van der Waals surface area contributed by atoms with Gasteiger partial charge in [0.15, 0.2) is 0 Å². The van der Waals surface area contributed by atoms with E-state index in [2.05, 4.69) is 22.8 Å². The molecule has 10 heteroatoms. The van der Waals surface area contributed by atoms with Crippen molar-refractivity contribution in [1.82, 2.24) is 5.43 Å². The molecule has 0 aliphatic carbocycles. The highest BCUT2D eigenvalue weighted by Crippen LogP contribution is 2.25. The molecule has 0 fully saturated rings. The molecule has 8 nitrogen and oxygen atoms in total. The number of nitrogens with one attached hydrogen (secondary N) is 2. The van der Waals surface area contributed by atoms with Crippen LogP contribution in [0.25, 0.3) is 0 Å². The number of halogens is 2. The van der Waals surface area contributed by atoms with Gasteiger partial charge in [-0.15, -0.1) is 0 Å². The summed E-state index contributed by atoms with van der Waals surface area (Å²) < 4.78 is 11.0. The van der Waals surface area contributed by atoms with E-state index >= 15 is 0 Å². The average Bonchev–Trinajstić information content (AvgIpc) is 2.87. The zero-order valence-corrected chi connectivity index (χ0v) is 20.8. The number of esters is 1. The number of hydrazone groups is 1. The molecule has 3 rings (SSSR count). The number of hydrogen-bond donors (Lipinski definition) is 2. The van der Waals surface area contributed by atoms with Crippen LogP contribution < -0.4 is 20.2 Å². The van der Waals surface area contributed by atoms with Gasteiger partial charge in [-0.1, -0.05) is 36.5 Å². The van der Waals surface area contributed by atoms with E-state index in [0.717, 1.165) is 12.8 Å². The predicted molar refractivity (Wildman–Crippen MR) is 139 cm³/mol. The highest BCUT2D eigenvalue weighted by Gasteiger charge is 2.15. The van der Waals surface area contributed by atoms with Crippen molar-refractivity contribution in [2.45, 2.75) is 19.8 Å². The summed E-state index contributed by atoms with van der Waals surface area (Å²) in [6.07, 6.45) is 3.34. The SMILES string of the molecule is CCCCOc1ccc(C(=O)Oc2ccc(C=NNC(=O)C(=O)Nc3cc(Cl)ccc3Cl)cc2)cc1. The van der Waals surface area contributed by atoms with E-state index in [1.54, 1.807) is 54.6 Å². The number of ether oxygens (including phenoxy) is 2. The van der Waals surface area contributed by atoms with Gasteiger partial charge in [-0.25, -0.2) is 10.2 Å². The zero-order valence-electron chi connectivity index (χ0n) is 19.3. The summed E-state index contributed by atoms with van der Waals surface area (Å²) in [4.78, 5) is 36.3. The lowest BCUT2D eigenvalue weighted by Gasteiger charge is -2.07. The van der Waals surface area contributed by atoms with E-state index in [1.807, 2.05) is 0 Å². The van der Waals surface area contributed by atoms with Crippen LogP contribution in [0, 0.1) is 0 Å². The number of carbonyl (C=O) groups is 3. The van der Waals surface area contributed by atoms with Gasteiger partial charge in [0.05, 0.1) is 29.1 Å². The average molecular weight is 528 g/mol. The molecule has 186 valence electrons. The fraction of sp³-hybridized carbons (Fsp3) is 0.154. The van der Waals surface area contributed by atoms with Gasteiger partial charge in [-0.3, -0.25) is 9.59 Å². The molecular weight excluding hydrogens is 505 g/mol. The first-order valence-electron chi connectivity index (χ1n) is 11.0. The van der Waals surface area contributed by atoms with Crippen LogP contribution in [-0.4, -0.2) is 30.6 Å². The van der Waals surface area contributed by atoms with Crippen molar-refractivity contribution in [2.24, 2.45) is 5.10 Å². The first-order valence-corrected chi connectivity index (χ1v) is 11.8. The maximum atomic E-state index is 12.4. The molecule has 0 bridgehead atoms. The van der Waals surface area contributed by atoms with Crippen molar-refractivity contribution in [2.75, 3.05) is 11.9 Å². The minimum Gasteiger partial charge on any atom is -0.494 e. The number of nitrogens with zero attached hydrogens (tertiary/aromatic N) is 1. The second-order valence-electron chi connectivity index (χ2n) is 7.46. The van der Waals surface area contributed by atoms with Crippen LogP contribution >= 0.6 is 23.2 Å². The molecule has 0 aliphatic heterocycles. The highest BCUT2D eigenvalue weighted by atomic mass is 35.5. The molecule has 3 aromatic carbocycles. The van der Waals surface area contributed by atoms with Crippen molar-refractivity contribution in [1.29, 1.82) is 0 Å². The third-order valence-electron chi connectivity index (χ3n) is 4.71. The van der Waals surface area contributed by atoms with Gasteiger partial charge >= 0.3 is 17.8 Å². The normalized spacial score (nSPS) is 10.6. The monoisotopic (exact) mass is 527 g/mol. The van der Waals surface area contributed by atoms with Crippen molar-refractivity contribution < 1.29 is 23.9 Å². The Bertz CT molecular complexity index is 1250. The first kappa shape index (κ1) is 26.7. The smallest absolute Gasteiger partial charge is 0.343 e. The summed E-state index contributed by atoms with van der Waals surface area (Å²) in [5, 5.41) is 6.70. The number of carbonyl (C=O) groups excluding carboxylic acids is 3. The molecule has 2 N–H and O–H groups in total. The Morgan fingerprint density at radius 2 is 1.61 bits per heavy atom. The molecule has 2 amide bonds. The number of unbranched alkanes of at least 4 members (excludes halogenated alkanes) is 1. The van der Waals surface area contributed by atoms with Gasteiger partial charge in [0.2, 0.25) is 0 Å². The number of anilines is 1. The molecule has 0 spiro atoms. The number of rotatable bonds is 9. The lowest BCUT2D eigenvalue weighted by Crippen LogP contribution is -2.32. The second-order valence-corrected chi connectivity index (χ2v) is 8.31. The van der Waals surface area contributed by atoms with E-state index < -0.39 is 17.8 Å². The van der Waals surface area contributed by atoms with Crippen LogP contribution in [0.2, 0.25) is 10.0 Å². The quantitative estimate of drug-likeness (QED) is 0.0956. The summed E-state index contributed by atoms with van der Waals surface area (Å²) in [7, 11) is 0. The summed E-state index contributed by atoms with van der Waals surface area (Å²) >= 11 is 11.8. The minimum atomic E-state index is -0.991. The Morgan fingerprint density at radius 1 is 0.917 bits per heavy atom. The fourth-order valence-corrected chi connectivity index (χ4v) is 3.13. The molecule has 3 aromatic rings. The van der Waals surface area contributed by atoms with Crippen LogP contribution in [0.4, 0.5) is 5.69 Å². The molecule has 36 heavy (non-hydrogen) atoms. The van der Waals surface area contributed by atoms with Crippen molar-refractivity contribution in [3.63, 3.8) is 0 Å². The number of amides is 2. The van der Waals surface area contributed by atoms with Gasteiger partial charge in [0.1, 0.15) is 11.5 Å². The van der Waals surface area contributed by atoms with Gasteiger partial charge in [-0.2, -0.15) is 5.10 Å². The van der Waals surface area contributed by atoms with Crippen LogP contribution in [0.3, 0.4) is 0 Å². The molecule has 0 heterocycles. The molecule has 0 aliphatic rings. The maximum Gasteiger partial charge on any atom is 0.343 e. The molecule has 0 saturated heterocycles. The fourth-order valence-electron chi connectivity index (χ4n) is 2.80. The Labute approximate surface area is 218 Å². The number of hydrogen-bond acceptors (Lipinski definition) is 6. The van der Waals surface area contributed by atoms with Crippen LogP contribution in [-0.2, 0) is 9.59 Å². The highest BCUT2D eigenvalue weighted by molar-refractivity contribution is 6.42. The summed E-state index contributed by atoms with van der Waals surface area (Å²) in [6, 6.07) is 17.6. The van der Waals surface area contributed by atoms with Gasteiger partial charge < -0.3 is 14.8 Å². The van der Waals surface area contributed by atoms with Crippen LogP contribution in [0.1, 0.15) is 35.7 Å². The lowest BCUT2D eigenvalue weighted by molar-refractivity contribution is -0.136. The van der Waals surface area contributed by atoms with Crippen molar-refractivity contribution >= 4 is 52.9 Å². The minimum absolute atomic E-state index is 0.203. The third kappa shape index (κ3) is 8.11. The topological polar surface area (TPSA) is 106 Å². The standard InChI is InChI=1S/C26H23Cl2N3O5/c1-2-3-14-35-20-11-6-18(7-12-20)26(34)36-21-9-4-17(5-10-21)16-29-31-25(33)24(32)30-23-15-19(27)8-13-22(23)28/h4-13,15-16H,2-3,14H2,1H3,(H,30,32)(H,31,33). The largest absolute Gasteiger partial charge is 0.494 e. The number of benzene rings is 3. The molecule has 0 aromatic heterocycles. The summed E-state index contributed by atoms with van der Waals surface area (Å²) in [5.74, 6) is -1.42. The third-order valence-corrected chi connectivity index (χ3v) is 5.27. The van der Waals surface area contributed by atoms with E-state index in [0.29, 0.717) is 34.3 Å². The summed E-state index contributed by atoms with van der Waals surface area (Å²) in [6.45, 7) is 2.71. The summed E-state index contributed by atoms with van der Waals surface area (Å²) in [5.41, 5.74) is 3.32. The van der Waals surface area contributed by atoms with Gasteiger partial charge in [0, 0.05) is 5.02 Å².